The average molecular weight is 427 g/mol. The second kappa shape index (κ2) is 8.16. The second-order valence-corrected chi connectivity index (χ2v) is 8.84. The lowest BCUT2D eigenvalue weighted by Gasteiger charge is -2.23. The molecule has 0 N–H and O–H groups in total. The first-order valence-electron chi connectivity index (χ1n) is 8.62. The van der Waals surface area contributed by atoms with Crippen molar-refractivity contribution in [2.75, 3.05) is 14.2 Å². The summed E-state index contributed by atoms with van der Waals surface area (Å²) >= 11 is 6.06. The summed E-state index contributed by atoms with van der Waals surface area (Å²) < 4.78 is 38.9. The number of hydrogen-bond acceptors (Lipinski definition) is 4. The number of rotatable bonds is 7. The number of nitrogens with zero attached hydrogens (tertiary/aromatic N) is 2. The topological polar surface area (TPSA) is 66.9 Å². The van der Waals surface area contributed by atoms with E-state index in [0.29, 0.717) is 11.0 Å². The molecule has 150 valence electrons. The van der Waals surface area contributed by atoms with Crippen LogP contribution >= 0.6 is 11.6 Å². The van der Waals surface area contributed by atoms with Gasteiger partial charge >= 0.3 is 0 Å². The third-order valence-corrected chi connectivity index (χ3v) is 6.73. The Kier molecular flexibility index (Phi) is 6.04. The Hall–Kier alpha value is -2.00. The molecule has 0 unspecified atom stereocenters. The Balaban J connectivity index is 1.92. The number of hydrogen-bond donors (Lipinski definition) is 0. The third kappa shape index (κ3) is 4.35. The molecule has 2 aromatic carbocycles. The van der Waals surface area contributed by atoms with Crippen molar-refractivity contribution >= 4 is 27.5 Å². The lowest BCUT2D eigenvalue weighted by molar-refractivity contribution is -0.0258. The molecular weight excluding hydrogens is 407 g/mol. The quantitative estimate of drug-likeness (QED) is 0.636. The van der Waals surface area contributed by atoms with E-state index < -0.39 is 10.0 Å². The van der Waals surface area contributed by atoms with Gasteiger partial charge in [-0.1, -0.05) is 28.2 Å². The number of halogens is 2. The number of carbonyl (C=O) groups excluding carboxylic acids is 1. The van der Waals surface area contributed by atoms with E-state index in [1.54, 1.807) is 17.0 Å². The van der Waals surface area contributed by atoms with Crippen LogP contribution in [0.5, 0.6) is 0 Å². The van der Waals surface area contributed by atoms with Crippen LogP contribution in [0.25, 0.3) is 0 Å². The SMILES string of the molecule is CON(C)S(=O)(=O)c1cc(C(=O)N(Cc2ccc(F)cc2)C2CC2)ccc1Cl. The molecule has 3 rings (SSSR count). The van der Waals surface area contributed by atoms with Gasteiger partial charge in [0.15, 0.2) is 0 Å². The van der Waals surface area contributed by atoms with Crippen molar-refractivity contribution in [3.8, 4) is 0 Å². The molecular formula is C19H20ClFN2O4S. The molecule has 0 radical (unpaired) electrons. The zero-order valence-corrected chi connectivity index (χ0v) is 17.0. The van der Waals surface area contributed by atoms with E-state index in [2.05, 4.69) is 0 Å². The lowest BCUT2D eigenvalue weighted by Crippen LogP contribution is -2.33. The van der Waals surface area contributed by atoms with E-state index >= 15 is 0 Å². The fraction of sp³-hybridized carbons (Fsp3) is 0.316. The first-order chi connectivity index (χ1) is 13.2. The number of amides is 1. The molecule has 1 aliphatic rings. The van der Waals surface area contributed by atoms with Crippen molar-refractivity contribution in [1.29, 1.82) is 0 Å². The van der Waals surface area contributed by atoms with Gasteiger partial charge in [0.05, 0.1) is 12.1 Å². The van der Waals surface area contributed by atoms with Crippen LogP contribution in [0.3, 0.4) is 0 Å². The summed E-state index contributed by atoms with van der Waals surface area (Å²) in [7, 11) is -1.54. The van der Waals surface area contributed by atoms with Gasteiger partial charge in [0, 0.05) is 25.2 Å². The molecule has 1 saturated carbocycles. The smallest absolute Gasteiger partial charge is 0.266 e. The van der Waals surface area contributed by atoms with E-state index in [4.69, 9.17) is 16.4 Å². The van der Waals surface area contributed by atoms with Gasteiger partial charge in [-0.2, -0.15) is 0 Å². The van der Waals surface area contributed by atoms with Crippen LogP contribution in [0, 0.1) is 5.82 Å². The summed E-state index contributed by atoms with van der Waals surface area (Å²) in [6.45, 7) is 0.312. The molecule has 2 aromatic rings. The number of hydroxylamine groups is 1. The number of sulfonamides is 1. The van der Waals surface area contributed by atoms with Crippen LogP contribution < -0.4 is 0 Å². The maximum Gasteiger partial charge on any atom is 0.266 e. The van der Waals surface area contributed by atoms with E-state index in [0.717, 1.165) is 18.4 Å². The number of carbonyl (C=O) groups is 1. The fourth-order valence-electron chi connectivity index (χ4n) is 2.78. The predicted molar refractivity (Wildman–Crippen MR) is 103 cm³/mol. The van der Waals surface area contributed by atoms with Gasteiger partial charge in [0.1, 0.15) is 10.7 Å². The molecule has 1 fully saturated rings. The molecule has 0 saturated heterocycles. The summed E-state index contributed by atoms with van der Waals surface area (Å²) in [6, 6.07) is 10.2. The highest BCUT2D eigenvalue weighted by Gasteiger charge is 2.34. The van der Waals surface area contributed by atoms with Crippen molar-refractivity contribution in [3.63, 3.8) is 0 Å². The van der Waals surface area contributed by atoms with Gasteiger partial charge in [-0.15, -0.1) is 0 Å². The molecule has 1 amide bonds. The van der Waals surface area contributed by atoms with Crippen LogP contribution in [0.15, 0.2) is 47.4 Å². The normalized spacial score (nSPS) is 14.3. The van der Waals surface area contributed by atoms with E-state index in [-0.39, 0.29) is 33.2 Å². The van der Waals surface area contributed by atoms with Gasteiger partial charge in [-0.05, 0) is 48.7 Å². The molecule has 0 atom stereocenters. The predicted octanol–water partition coefficient (Wildman–Crippen LogP) is 3.47. The molecule has 6 nitrogen and oxygen atoms in total. The summed E-state index contributed by atoms with van der Waals surface area (Å²) in [5.41, 5.74) is 1.00. The maximum atomic E-state index is 13.1. The molecule has 9 heteroatoms. The van der Waals surface area contributed by atoms with Crippen molar-refractivity contribution < 1.29 is 22.4 Å². The van der Waals surface area contributed by atoms with Crippen molar-refractivity contribution in [2.45, 2.75) is 30.3 Å². The van der Waals surface area contributed by atoms with E-state index in [9.17, 15) is 17.6 Å². The van der Waals surface area contributed by atoms with Crippen LogP contribution in [-0.4, -0.2) is 43.9 Å². The van der Waals surface area contributed by atoms with Crippen molar-refractivity contribution in [3.05, 3.63) is 64.4 Å². The summed E-state index contributed by atoms with van der Waals surface area (Å²) in [6.07, 6.45) is 1.75. The largest absolute Gasteiger partial charge is 0.331 e. The van der Waals surface area contributed by atoms with Crippen molar-refractivity contribution in [2.24, 2.45) is 0 Å². The minimum Gasteiger partial charge on any atom is -0.331 e. The number of benzene rings is 2. The molecule has 0 spiro atoms. The minimum atomic E-state index is -4.00. The Morgan fingerprint density at radius 3 is 2.43 bits per heavy atom. The minimum absolute atomic E-state index is 0.00282. The Labute approximate surface area is 168 Å². The first-order valence-corrected chi connectivity index (χ1v) is 10.4. The van der Waals surface area contributed by atoms with Crippen LogP contribution in [0.4, 0.5) is 4.39 Å². The zero-order chi connectivity index (χ0) is 20.5. The monoisotopic (exact) mass is 426 g/mol. The van der Waals surface area contributed by atoms with Crippen LogP contribution in [0.2, 0.25) is 5.02 Å². The highest BCUT2D eigenvalue weighted by Crippen LogP contribution is 2.31. The first kappa shape index (κ1) is 20.7. The maximum absolute atomic E-state index is 13.1. The van der Waals surface area contributed by atoms with E-state index in [1.807, 2.05) is 0 Å². The molecule has 0 aromatic heterocycles. The summed E-state index contributed by atoms with van der Waals surface area (Å²) in [5, 5.41) is -0.00282. The lowest BCUT2D eigenvalue weighted by atomic mass is 10.1. The average Bonchev–Trinajstić information content (AvgIpc) is 3.51. The molecule has 0 bridgehead atoms. The Morgan fingerprint density at radius 1 is 1.21 bits per heavy atom. The van der Waals surface area contributed by atoms with Gasteiger partial charge in [-0.25, -0.2) is 12.8 Å². The Morgan fingerprint density at radius 2 is 1.86 bits per heavy atom. The Bertz CT molecular complexity index is 978. The molecule has 0 aliphatic heterocycles. The highest BCUT2D eigenvalue weighted by molar-refractivity contribution is 7.89. The van der Waals surface area contributed by atoms with Crippen molar-refractivity contribution in [1.82, 2.24) is 9.37 Å². The molecule has 1 aliphatic carbocycles. The van der Waals surface area contributed by atoms with Crippen LogP contribution in [-0.2, 0) is 21.4 Å². The summed E-state index contributed by atoms with van der Waals surface area (Å²) in [5.74, 6) is -0.650. The highest BCUT2D eigenvalue weighted by atomic mass is 35.5. The van der Waals surface area contributed by atoms with E-state index in [1.165, 1.54) is 44.5 Å². The second-order valence-electron chi connectivity index (χ2n) is 6.53. The standard InChI is InChI=1S/C19H20ClFN2O4S/c1-22(27-2)28(25,26)18-11-14(5-10-17(18)20)19(24)23(16-8-9-16)12-13-3-6-15(21)7-4-13/h3-7,10-11,16H,8-9,12H2,1-2H3. The summed E-state index contributed by atoms with van der Waals surface area (Å²) in [4.78, 5) is 19.3. The van der Waals surface area contributed by atoms with Gasteiger partial charge in [0.25, 0.3) is 15.9 Å². The van der Waals surface area contributed by atoms with Gasteiger partial charge < -0.3 is 4.90 Å². The van der Waals surface area contributed by atoms with Gasteiger partial charge in [-0.3, -0.25) is 9.63 Å². The molecule has 28 heavy (non-hydrogen) atoms. The molecule has 0 heterocycles. The van der Waals surface area contributed by atoms with Gasteiger partial charge in [0.2, 0.25) is 0 Å². The third-order valence-electron chi connectivity index (χ3n) is 4.57. The zero-order valence-electron chi connectivity index (χ0n) is 15.4. The fourth-order valence-corrected chi connectivity index (χ4v) is 4.25. The van der Waals surface area contributed by atoms with Crippen LogP contribution in [0.1, 0.15) is 28.8 Å².